The third-order valence-corrected chi connectivity index (χ3v) is 1.56. The molecule has 60 valence electrons. The maximum absolute atomic E-state index is 12.5. The van der Waals surface area contributed by atoms with E-state index in [0.29, 0.717) is 6.54 Å². The molecule has 1 N–H and O–H groups in total. The first kappa shape index (κ1) is 7.88. The summed E-state index contributed by atoms with van der Waals surface area (Å²) in [5.41, 5.74) is 0. The van der Waals surface area contributed by atoms with Crippen LogP contribution in [-0.4, -0.2) is 42.2 Å². The predicted molar refractivity (Wildman–Crippen MR) is 33.1 cm³/mol. The highest BCUT2D eigenvalue weighted by atomic mass is 19.3. The van der Waals surface area contributed by atoms with Crippen LogP contribution in [-0.2, 0) is 0 Å². The standard InChI is InChI=1S/C6H11F2NO/c1-9-3-5(10)2-6(7,8)4-9/h5,10H,2-4H2,1H3. The predicted octanol–water partition coefficient (Wildman–Crippen LogP) is 0.318. The second-order valence-corrected chi connectivity index (χ2v) is 2.91. The van der Waals surface area contributed by atoms with E-state index in [2.05, 4.69) is 0 Å². The molecule has 0 saturated carbocycles. The molecule has 2 nitrogen and oxygen atoms in total. The highest BCUT2D eigenvalue weighted by molar-refractivity contribution is 4.81. The summed E-state index contributed by atoms with van der Waals surface area (Å²) >= 11 is 0. The van der Waals surface area contributed by atoms with Crippen molar-refractivity contribution in [2.75, 3.05) is 20.1 Å². The Labute approximate surface area is 58.4 Å². The summed E-state index contributed by atoms with van der Waals surface area (Å²) < 4.78 is 25.0. The molecular weight excluding hydrogens is 140 g/mol. The van der Waals surface area contributed by atoms with Gasteiger partial charge < -0.3 is 5.11 Å². The van der Waals surface area contributed by atoms with E-state index in [9.17, 15) is 8.78 Å². The Morgan fingerprint density at radius 3 is 2.60 bits per heavy atom. The number of hydrogen-bond donors (Lipinski definition) is 1. The molecule has 1 unspecified atom stereocenters. The Hall–Kier alpha value is -0.220. The minimum Gasteiger partial charge on any atom is -0.392 e. The Balaban J connectivity index is 2.51. The molecule has 1 aliphatic rings. The topological polar surface area (TPSA) is 23.5 Å². The Kier molecular flexibility index (Phi) is 1.92. The van der Waals surface area contributed by atoms with Gasteiger partial charge in [0, 0.05) is 13.0 Å². The molecule has 0 amide bonds. The molecule has 0 aromatic rings. The van der Waals surface area contributed by atoms with Crippen molar-refractivity contribution in [3.8, 4) is 0 Å². The number of aliphatic hydroxyl groups is 1. The monoisotopic (exact) mass is 151 g/mol. The summed E-state index contributed by atoms with van der Waals surface area (Å²) in [5, 5.41) is 8.89. The fraction of sp³-hybridized carbons (Fsp3) is 1.00. The summed E-state index contributed by atoms with van der Waals surface area (Å²) in [5.74, 6) is -2.70. The van der Waals surface area contributed by atoms with Gasteiger partial charge in [0.15, 0.2) is 0 Å². The number of aliphatic hydroxyl groups excluding tert-OH is 1. The minimum absolute atomic E-state index is 0.232. The lowest BCUT2D eigenvalue weighted by Crippen LogP contribution is -2.47. The highest BCUT2D eigenvalue weighted by Crippen LogP contribution is 2.25. The van der Waals surface area contributed by atoms with Gasteiger partial charge in [0.2, 0.25) is 0 Å². The van der Waals surface area contributed by atoms with Gasteiger partial charge in [-0.15, -0.1) is 0 Å². The third kappa shape index (κ3) is 1.88. The summed E-state index contributed by atoms with van der Waals surface area (Å²) in [4.78, 5) is 1.44. The first-order valence-corrected chi connectivity index (χ1v) is 3.24. The largest absolute Gasteiger partial charge is 0.392 e. The smallest absolute Gasteiger partial charge is 0.263 e. The number of likely N-dealkylation sites (N-methyl/N-ethyl adjacent to an activating group) is 1. The van der Waals surface area contributed by atoms with E-state index in [-0.39, 0.29) is 6.54 Å². The lowest BCUT2D eigenvalue weighted by molar-refractivity contribution is -0.100. The average molecular weight is 151 g/mol. The van der Waals surface area contributed by atoms with E-state index >= 15 is 0 Å². The van der Waals surface area contributed by atoms with Crippen LogP contribution in [0.15, 0.2) is 0 Å². The maximum Gasteiger partial charge on any atom is 0.263 e. The SMILES string of the molecule is CN1CC(O)CC(F)(F)C1. The number of hydrogen-bond acceptors (Lipinski definition) is 2. The molecule has 1 saturated heterocycles. The van der Waals surface area contributed by atoms with Crippen LogP contribution < -0.4 is 0 Å². The Bertz CT molecular complexity index is 117. The zero-order valence-corrected chi connectivity index (χ0v) is 5.85. The van der Waals surface area contributed by atoms with Gasteiger partial charge >= 0.3 is 0 Å². The van der Waals surface area contributed by atoms with Crippen molar-refractivity contribution in [1.82, 2.24) is 4.90 Å². The summed E-state index contributed by atoms with van der Waals surface area (Å²) in [6, 6.07) is 0. The zero-order valence-electron chi connectivity index (χ0n) is 5.85. The molecule has 0 spiro atoms. The van der Waals surface area contributed by atoms with Crippen molar-refractivity contribution in [3.05, 3.63) is 0 Å². The van der Waals surface area contributed by atoms with Crippen molar-refractivity contribution in [1.29, 1.82) is 0 Å². The Morgan fingerprint density at radius 2 is 2.20 bits per heavy atom. The van der Waals surface area contributed by atoms with Gasteiger partial charge in [0.1, 0.15) is 0 Å². The molecule has 0 aliphatic carbocycles. The van der Waals surface area contributed by atoms with Gasteiger partial charge in [-0.3, -0.25) is 4.90 Å². The van der Waals surface area contributed by atoms with Crippen LogP contribution in [0.4, 0.5) is 8.78 Å². The number of likely N-dealkylation sites (tertiary alicyclic amines) is 1. The van der Waals surface area contributed by atoms with Crippen molar-refractivity contribution in [3.63, 3.8) is 0 Å². The number of piperidine rings is 1. The first-order valence-electron chi connectivity index (χ1n) is 3.24. The van der Waals surface area contributed by atoms with Crippen LogP contribution in [0.2, 0.25) is 0 Å². The molecular formula is C6H11F2NO. The summed E-state index contributed by atoms with van der Waals surface area (Å²) in [7, 11) is 1.58. The molecule has 10 heavy (non-hydrogen) atoms. The van der Waals surface area contributed by atoms with Crippen molar-refractivity contribution < 1.29 is 13.9 Å². The van der Waals surface area contributed by atoms with Crippen LogP contribution in [0.5, 0.6) is 0 Å². The molecule has 1 atom stereocenters. The molecule has 0 aromatic carbocycles. The van der Waals surface area contributed by atoms with E-state index < -0.39 is 18.4 Å². The highest BCUT2D eigenvalue weighted by Gasteiger charge is 2.38. The lowest BCUT2D eigenvalue weighted by atomic mass is 10.1. The van der Waals surface area contributed by atoms with Gasteiger partial charge in [0.25, 0.3) is 5.92 Å². The quantitative estimate of drug-likeness (QED) is 0.539. The van der Waals surface area contributed by atoms with E-state index in [1.807, 2.05) is 0 Å². The average Bonchev–Trinajstić information content (AvgIpc) is 1.54. The second-order valence-electron chi connectivity index (χ2n) is 2.91. The van der Waals surface area contributed by atoms with Gasteiger partial charge in [0.05, 0.1) is 12.6 Å². The number of β-amino-alcohol motifs (C(OH)–C–C–N with tert-alkyl or cyclic N) is 1. The molecule has 1 aliphatic heterocycles. The van der Waals surface area contributed by atoms with E-state index in [0.717, 1.165) is 0 Å². The molecule has 1 rings (SSSR count). The fourth-order valence-corrected chi connectivity index (χ4v) is 1.29. The molecule has 1 fully saturated rings. The van der Waals surface area contributed by atoms with E-state index in [1.165, 1.54) is 4.90 Å². The molecule has 0 radical (unpaired) electrons. The number of halogens is 2. The normalized spacial score (nSPS) is 34.2. The van der Waals surface area contributed by atoms with Crippen LogP contribution >= 0.6 is 0 Å². The van der Waals surface area contributed by atoms with Crippen LogP contribution in [0, 0.1) is 0 Å². The van der Waals surface area contributed by atoms with Gasteiger partial charge in [-0.2, -0.15) is 0 Å². The van der Waals surface area contributed by atoms with Crippen molar-refractivity contribution in [2.45, 2.75) is 18.4 Å². The molecule has 0 bridgehead atoms. The third-order valence-electron chi connectivity index (χ3n) is 1.56. The second kappa shape index (κ2) is 2.43. The van der Waals surface area contributed by atoms with Crippen LogP contribution in [0.25, 0.3) is 0 Å². The van der Waals surface area contributed by atoms with E-state index in [1.54, 1.807) is 7.05 Å². The van der Waals surface area contributed by atoms with Gasteiger partial charge in [-0.25, -0.2) is 8.78 Å². The summed E-state index contributed by atoms with van der Waals surface area (Å²) in [6.07, 6.45) is -1.26. The van der Waals surface area contributed by atoms with Crippen LogP contribution in [0.3, 0.4) is 0 Å². The van der Waals surface area contributed by atoms with Gasteiger partial charge in [-0.1, -0.05) is 0 Å². The number of nitrogens with zero attached hydrogens (tertiary/aromatic N) is 1. The van der Waals surface area contributed by atoms with E-state index in [4.69, 9.17) is 5.11 Å². The zero-order chi connectivity index (χ0) is 7.78. The first-order chi connectivity index (χ1) is 4.49. The fourth-order valence-electron chi connectivity index (χ4n) is 1.29. The number of alkyl halides is 2. The maximum atomic E-state index is 12.5. The minimum atomic E-state index is -2.70. The van der Waals surface area contributed by atoms with Gasteiger partial charge in [-0.05, 0) is 7.05 Å². The van der Waals surface area contributed by atoms with Crippen molar-refractivity contribution in [2.24, 2.45) is 0 Å². The number of rotatable bonds is 0. The lowest BCUT2D eigenvalue weighted by Gasteiger charge is -2.32. The van der Waals surface area contributed by atoms with Crippen molar-refractivity contribution >= 4 is 0 Å². The van der Waals surface area contributed by atoms with Crippen LogP contribution in [0.1, 0.15) is 6.42 Å². The molecule has 0 aromatic heterocycles. The summed E-state index contributed by atoms with van der Waals surface area (Å²) in [6.45, 7) is 0.125. The Morgan fingerprint density at radius 1 is 1.60 bits per heavy atom. The molecule has 4 heteroatoms. The molecule has 1 heterocycles.